The normalized spacial score (nSPS) is 16.2. The molecule has 0 saturated carbocycles. The number of nitrogens with one attached hydrogen (secondary N) is 2. The van der Waals surface area contributed by atoms with Crippen LogP contribution in [0.25, 0.3) is 22.3 Å². The molecule has 1 fully saturated rings. The molecule has 9 heteroatoms. The molecule has 34 heavy (non-hydrogen) atoms. The highest BCUT2D eigenvalue weighted by molar-refractivity contribution is 6.36. The summed E-state index contributed by atoms with van der Waals surface area (Å²) in [5.41, 5.74) is 3.22. The quantitative estimate of drug-likeness (QED) is 0.325. The van der Waals surface area contributed by atoms with Crippen molar-refractivity contribution in [2.75, 3.05) is 18.4 Å². The maximum Gasteiger partial charge on any atom is 0.224 e. The molecule has 1 atom stereocenters. The number of hydrogen-bond acceptors (Lipinski definition) is 4. The van der Waals surface area contributed by atoms with E-state index >= 15 is 0 Å². The molecular formula is C25H23Cl2F2N5. The van der Waals surface area contributed by atoms with E-state index in [0.29, 0.717) is 27.5 Å². The molecule has 176 valence electrons. The molecule has 5 nitrogen and oxygen atoms in total. The second-order valence-electron chi connectivity index (χ2n) is 8.55. The van der Waals surface area contributed by atoms with Crippen LogP contribution < -0.4 is 10.6 Å². The van der Waals surface area contributed by atoms with Crippen molar-refractivity contribution in [3.63, 3.8) is 0 Å². The van der Waals surface area contributed by atoms with Gasteiger partial charge in [0.05, 0.1) is 10.7 Å². The van der Waals surface area contributed by atoms with Gasteiger partial charge in [-0.25, -0.2) is 13.8 Å². The van der Waals surface area contributed by atoms with Crippen LogP contribution in [0.3, 0.4) is 0 Å². The number of rotatable bonds is 6. The molecule has 0 bridgehead atoms. The summed E-state index contributed by atoms with van der Waals surface area (Å²) < 4.78 is 29.0. The number of aromatic nitrogens is 3. The average molecular weight is 502 g/mol. The van der Waals surface area contributed by atoms with Crippen LogP contribution in [-0.4, -0.2) is 27.6 Å². The number of nitrogens with zero attached hydrogens (tertiary/aromatic N) is 3. The van der Waals surface area contributed by atoms with Crippen molar-refractivity contribution in [2.45, 2.75) is 25.9 Å². The van der Waals surface area contributed by atoms with Crippen LogP contribution in [0, 0.1) is 17.6 Å². The summed E-state index contributed by atoms with van der Waals surface area (Å²) in [6.07, 6.45) is 4.03. The van der Waals surface area contributed by atoms with E-state index in [9.17, 15) is 8.78 Å². The lowest BCUT2D eigenvalue weighted by Crippen LogP contribution is -2.32. The summed E-state index contributed by atoms with van der Waals surface area (Å²) in [4.78, 5) is 9.20. The summed E-state index contributed by atoms with van der Waals surface area (Å²) in [7, 11) is 0. The zero-order valence-corrected chi connectivity index (χ0v) is 19.8. The summed E-state index contributed by atoms with van der Waals surface area (Å²) >= 11 is 12.7. The van der Waals surface area contributed by atoms with Crippen molar-refractivity contribution in [3.8, 4) is 11.3 Å². The highest BCUT2D eigenvalue weighted by atomic mass is 35.5. The molecule has 0 amide bonds. The first-order valence-electron chi connectivity index (χ1n) is 11.2. The summed E-state index contributed by atoms with van der Waals surface area (Å²) in [5, 5.41) is 8.63. The first-order valence-corrected chi connectivity index (χ1v) is 11.9. The zero-order chi connectivity index (χ0) is 23.7. The minimum absolute atomic E-state index is 0.270. The van der Waals surface area contributed by atoms with Crippen LogP contribution in [0.5, 0.6) is 0 Å². The molecule has 2 aromatic carbocycles. The monoisotopic (exact) mass is 501 g/mol. The van der Waals surface area contributed by atoms with Gasteiger partial charge in [0.15, 0.2) is 11.6 Å². The summed E-state index contributed by atoms with van der Waals surface area (Å²) in [5.74, 6) is -0.880. The van der Waals surface area contributed by atoms with Gasteiger partial charge in [0.25, 0.3) is 0 Å². The second-order valence-corrected chi connectivity index (χ2v) is 9.39. The fraction of sp³-hybridized carbons (Fsp3) is 0.280. The van der Waals surface area contributed by atoms with E-state index in [1.54, 1.807) is 12.3 Å². The number of anilines is 1. The number of hydrogen-bond donors (Lipinski definition) is 2. The van der Waals surface area contributed by atoms with Gasteiger partial charge in [0.2, 0.25) is 5.95 Å². The van der Waals surface area contributed by atoms with Crippen LogP contribution in [0.4, 0.5) is 14.7 Å². The van der Waals surface area contributed by atoms with Crippen molar-refractivity contribution < 1.29 is 8.78 Å². The van der Waals surface area contributed by atoms with Crippen molar-refractivity contribution in [2.24, 2.45) is 5.92 Å². The molecule has 1 aliphatic heterocycles. The van der Waals surface area contributed by atoms with E-state index in [1.807, 2.05) is 18.2 Å². The summed E-state index contributed by atoms with van der Waals surface area (Å²) in [6, 6.07) is 11.3. The fourth-order valence-corrected chi connectivity index (χ4v) is 4.90. The van der Waals surface area contributed by atoms with E-state index in [2.05, 4.69) is 20.2 Å². The molecule has 3 heterocycles. The smallest absolute Gasteiger partial charge is 0.224 e. The van der Waals surface area contributed by atoms with Crippen molar-refractivity contribution >= 4 is 40.2 Å². The third-order valence-corrected chi connectivity index (χ3v) is 6.66. The van der Waals surface area contributed by atoms with Gasteiger partial charge >= 0.3 is 0 Å². The van der Waals surface area contributed by atoms with Gasteiger partial charge in [0.1, 0.15) is 5.65 Å². The van der Waals surface area contributed by atoms with Crippen LogP contribution in [-0.2, 0) is 13.1 Å². The molecular weight excluding hydrogens is 479 g/mol. The molecule has 1 aliphatic rings. The molecule has 1 saturated heterocycles. The van der Waals surface area contributed by atoms with E-state index in [1.165, 1.54) is 12.1 Å². The molecule has 2 aromatic heterocycles. The minimum Gasteiger partial charge on any atom is -0.350 e. The van der Waals surface area contributed by atoms with Crippen molar-refractivity contribution in [1.82, 2.24) is 19.9 Å². The Bertz CT molecular complexity index is 1330. The van der Waals surface area contributed by atoms with E-state index in [4.69, 9.17) is 28.2 Å². The van der Waals surface area contributed by atoms with Crippen LogP contribution in [0.1, 0.15) is 18.4 Å². The molecule has 4 aromatic rings. The SMILES string of the molecule is Fc1ccc(CNc2ncc3cc(-c4ccc(Cl)cc4Cl)n(CC4CCCNC4)c3n2)cc1F. The third-order valence-electron chi connectivity index (χ3n) is 6.12. The lowest BCUT2D eigenvalue weighted by molar-refractivity contribution is 0.341. The third kappa shape index (κ3) is 4.87. The zero-order valence-electron chi connectivity index (χ0n) is 18.3. The maximum absolute atomic E-state index is 13.5. The number of benzene rings is 2. The van der Waals surface area contributed by atoms with Gasteiger partial charge in [-0.05, 0) is 73.8 Å². The Morgan fingerprint density at radius 3 is 2.74 bits per heavy atom. The Morgan fingerprint density at radius 2 is 1.97 bits per heavy atom. The van der Waals surface area contributed by atoms with Crippen molar-refractivity contribution in [3.05, 3.63) is 75.9 Å². The standard InChI is InChI=1S/C25H23Cl2F2N5/c26-18-4-5-19(20(27)10-18)23-9-17-13-32-25(31-12-15-3-6-21(28)22(29)8-15)33-24(17)34(23)14-16-2-1-7-30-11-16/h3-6,8-10,13,16,30H,1-2,7,11-12,14H2,(H,31,32,33). The molecule has 0 aliphatic carbocycles. The van der Waals surface area contributed by atoms with Gasteiger partial charge in [-0.2, -0.15) is 4.98 Å². The first kappa shape index (κ1) is 23.0. The van der Waals surface area contributed by atoms with E-state index in [-0.39, 0.29) is 6.54 Å². The van der Waals surface area contributed by atoms with Crippen molar-refractivity contribution in [1.29, 1.82) is 0 Å². The first-order chi connectivity index (χ1) is 16.5. The summed E-state index contributed by atoms with van der Waals surface area (Å²) in [6.45, 7) is 3.04. The van der Waals surface area contributed by atoms with Gasteiger partial charge < -0.3 is 15.2 Å². The van der Waals surface area contributed by atoms with E-state index in [0.717, 1.165) is 60.8 Å². The topological polar surface area (TPSA) is 54.8 Å². The van der Waals surface area contributed by atoms with Crippen LogP contribution in [0.2, 0.25) is 10.0 Å². The lowest BCUT2D eigenvalue weighted by atomic mass is 9.99. The minimum atomic E-state index is -0.880. The predicted octanol–water partition coefficient (Wildman–Crippen LogP) is 6.30. The van der Waals surface area contributed by atoms with Crippen LogP contribution >= 0.6 is 23.2 Å². The molecule has 5 rings (SSSR count). The number of piperidine rings is 1. The fourth-order valence-electron chi connectivity index (χ4n) is 4.40. The van der Waals surface area contributed by atoms with Gasteiger partial charge in [-0.15, -0.1) is 0 Å². The molecule has 0 radical (unpaired) electrons. The second kappa shape index (κ2) is 9.86. The molecule has 2 N–H and O–H groups in total. The average Bonchev–Trinajstić information content (AvgIpc) is 3.18. The van der Waals surface area contributed by atoms with Gasteiger partial charge in [-0.1, -0.05) is 29.3 Å². The lowest BCUT2D eigenvalue weighted by Gasteiger charge is -2.24. The maximum atomic E-state index is 13.5. The van der Waals surface area contributed by atoms with Gasteiger partial charge in [0, 0.05) is 35.3 Å². The Hall–Kier alpha value is -2.74. The number of halogens is 4. The largest absolute Gasteiger partial charge is 0.350 e. The van der Waals surface area contributed by atoms with Gasteiger partial charge in [-0.3, -0.25) is 0 Å². The highest BCUT2D eigenvalue weighted by Crippen LogP contribution is 2.35. The predicted molar refractivity (Wildman–Crippen MR) is 132 cm³/mol. The van der Waals surface area contributed by atoms with E-state index < -0.39 is 11.6 Å². The Labute approximate surface area is 206 Å². The molecule has 0 spiro atoms. The Morgan fingerprint density at radius 1 is 1.09 bits per heavy atom. The Kier molecular flexibility index (Phi) is 6.68. The highest BCUT2D eigenvalue weighted by Gasteiger charge is 2.20. The van der Waals surface area contributed by atoms with Crippen LogP contribution in [0.15, 0.2) is 48.7 Å². The number of fused-ring (bicyclic) bond motifs is 1. The molecule has 1 unspecified atom stereocenters. The Balaban J connectivity index is 1.51.